The van der Waals surface area contributed by atoms with Crippen LogP contribution in [-0.2, 0) is 14.3 Å². The second kappa shape index (κ2) is 5.68. The minimum Gasteiger partial charge on any atom is -0.463 e. The third kappa shape index (κ3) is 7.11. The molecule has 0 bridgehead atoms. The van der Waals surface area contributed by atoms with Gasteiger partial charge < -0.3 is 9.53 Å². The van der Waals surface area contributed by atoms with E-state index in [9.17, 15) is 9.59 Å². The zero-order valence-electron chi connectivity index (χ0n) is 6.98. The molecule has 0 fully saturated rings. The molecule has 0 amide bonds. The summed E-state index contributed by atoms with van der Waals surface area (Å²) in [6.45, 7) is 1.54. The van der Waals surface area contributed by atoms with Gasteiger partial charge in [-0.25, -0.2) is 4.79 Å². The van der Waals surface area contributed by atoms with Crippen molar-refractivity contribution >= 4 is 46.6 Å². The molecule has 0 aliphatic rings. The minimum atomic E-state index is -2.03. The van der Waals surface area contributed by atoms with Gasteiger partial charge >= 0.3 is 5.97 Å². The standard InChI is InChI=1S/C7H9Cl3O3/c1-5(11)3-2-4-13-6(12)7(8,9)10/h2-4H2,1H3. The van der Waals surface area contributed by atoms with Crippen LogP contribution in [0.5, 0.6) is 0 Å². The molecule has 0 aromatic heterocycles. The van der Waals surface area contributed by atoms with Crippen molar-refractivity contribution in [2.24, 2.45) is 0 Å². The Labute approximate surface area is 91.3 Å². The molecule has 0 atom stereocenters. The van der Waals surface area contributed by atoms with Crippen LogP contribution in [0.2, 0.25) is 0 Å². The summed E-state index contributed by atoms with van der Waals surface area (Å²) in [6, 6.07) is 0. The number of hydrogen-bond donors (Lipinski definition) is 0. The average molecular weight is 248 g/mol. The van der Waals surface area contributed by atoms with Gasteiger partial charge in [-0.15, -0.1) is 0 Å². The van der Waals surface area contributed by atoms with E-state index in [1.54, 1.807) is 0 Å². The third-order valence-corrected chi connectivity index (χ3v) is 1.60. The first-order chi connectivity index (χ1) is 5.84. The zero-order chi connectivity index (χ0) is 10.5. The maximum Gasteiger partial charge on any atom is 0.358 e. The van der Waals surface area contributed by atoms with E-state index in [0.717, 1.165) is 0 Å². The van der Waals surface area contributed by atoms with E-state index >= 15 is 0 Å². The van der Waals surface area contributed by atoms with Crippen molar-refractivity contribution < 1.29 is 14.3 Å². The Bertz CT molecular complexity index is 198. The Kier molecular flexibility index (Phi) is 5.68. The normalized spacial score (nSPS) is 11.1. The SMILES string of the molecule is CC(=O)CCCOC(=O)C(Cl)(Cl)Cl. The number of alkyl halides is 3. The van der Waals surface area contributed by atoms with Crippen molar-refractivity contribution in [3.05, 3.63) is 0 Å². The molecule has 0 radical (unpaired) electrons. The molecule has 0 rings (SSSR count). The van der Waals surface area contributed by atoms with Gasteiger partial charge in [-0.2, -0.15) is 0 Å². The van der Waals surface area contributed by atoms with E-state index in [1.807, 2.05) is 0 Å². The lowest BCUT2D eigenvalue weighted by molar-refractivity contribution is -0.143. The van der Waals surface area contributed by atoms with Gasteiger partial charge in [-0.05, 0) is 13.3 Å². The van der Waals surface area contributed by atoms with Gasteiger partial charge in [0.15, 0.2) is 0 Å². The van der Waals surface area contributed by atoms with E-state index in [-0.39, 0.29) is 12.4 Å². The first-order valence-electron chi connectivity index (χ1n) is 3.57. The number of carbonyl (C=O) groups is 2. The molecule has 0 spiro atoms. The Morgan fingerprint density at radius 3 is 2.23 bits per heavy atom. The van der Waals surface area contributed by atoms with Gasteiger partial charge in [-0.3, -0.25) is 0 Å². The van der Waals surface area contributed by atoms with Crippen LogP contribution in [-0.4, -0.2) is 22.2 Å². The minimum absolute atomic E-state index is 0.0323. The Morgan fingerprint density at radius 2 is 1.85 bits per heavy atom. The van der Waals surface area contributed by atoms with Crippen LogP contribution in [0.25, 0.3) is 0 Å². The van der Waals surface area contributed by atoms with Crippen molar-refractivity contribution in [1.29, 1.82) is 0 Å². The quantitative estimate of drug-likeness (QED) is 0.435. The van der Waals surface area contributed by atoms with Crippen molar-refractivity contribution in [1.82, 2.24) is 0 Å². The van der Waals surface area contributed by atoms with Crippen LogP contribution in [0.1, 0.15) is 19.8 Å². The fourth-order valence-corrected chi connectivity index (χ4v) is 0.731. The number of halogens is 3. The Morgan fingerprint density at radius 1 is 1.31 bits per heavy atom. The van der Waals surface area contributed by atoms with Crippen LogP contribution in [0.3, 0.4) is 0 Å². The molecule has 0 N–H and O–H groups in total. The van der Waals surface area contributed by atoms with Crippen molar-refractivity contribution in [2.45, 2.75) is 23.6 Å². The lowest BCUT2D eigenvalue weighted by atomic mass is 10.2. The molecule has 0 unspecified atom stereocenters. The third-order valence-electron chi connectivity index (χ3n) is 1.14. The molecular formula is C7H9Cl3O3. The van der Waals surface area contributed by atoms with E-state index in [0.29, 0.717) is 12.8 Å². The number of ketones is 1. The van der Waals surface area contributed by atoms with Gasteiger partial charge in [0.25, 0.3) is 3.79 Å². The summed E-state index contributed by atoms with van der Waals surface area (Å²) in [7, 11) is 0. The van der Waals surface area contributed by atoms with E-state index in [1.165, 1.54) is 6.92 Å². The highest BCUT2D eigenvalue weighted by Crippen LogP contribution is 2.27. The van der Waals surface area contributed by atoms with Crippen LogP contribution < -0.4 is 0 Å². The summed E-state index contributed by atoms with van der Waals surface area (Å²) in [5.41, 5.74) is 0. The summed E-state index contributed by atoms with van der Waals surface area (Å²) in [5, 5.41) is 0. The summed E-state index contributed by atoms with van der Waals surface area (Å²) in [5.74, 6) is -0.883. The van der Waals surface area contributed by atoms with E-state index in [2.05, 4.69) is 4.74 Å². The highest BCUT2D eigenvalue weighted by molar-refractivity contribution is 6.75. The fourth-order valence-electron chi connectivity index (χ4n) is 0.568. The van der Waals surface area contributed by atoms with Crippen LogP contribution in [0.4, 0.5) is 0 Å². The number of rotatable bonds is 4. The smallest absolute Gasteiger partial charge is 0.358 e. The lowest BCUT2D eigenvalue weighted by Crippen LogP contribution is -2.22. The molecule has 6 heteroatoms. The maximum absolute atomic E-state index is 10.8. The number of ether oxygens (including phenoxy) is 1. The molecule has 0 saturated heterocycles. The van der Waals surface area contributed by atoms with Crippen LogP contribution in [0, 0.1) is 0 Å². The second-order valence-corrected chi connectivity index (χ2v) is 4.72. The molecule has 0 aliphatic carbocycles. The molecule has 3 nitrogen and oxygen atoms in total. The molecule has 13 heavy (non-hydrogen) atoms. The van der Waals surface area contributed by atoms with Gasteiger partial charge in [0.2, 0.25) is 0 Å². The monoisotopic (exact) mass is 246 g/mol. The molecule has 0 aromatic rings. The van der Waals surface area contributed by atoms with Gasteiger partial charge in [-0.1, -0.05) is 34.8 Å². The second-order valence-electron chi connectivity index (χ2n) is 2.44. The number of esters is 1. The van der Waals surface area contributed by atoms with Crippen molar-refractivity contribution in [3.63, 3.8) is 0 Å². The van der Waals surface area contributed by atoms with Gasteiger partial charge in [0.1, 0.15) is 5.78 Å². The zero-order valence-corrected chi connectivity index (χ0v) is 9.25. The number of hydrogen-bond acceptors (Lipinski definition) is 3. The first-order valence-corrected chi connectivity index (χ1v) is 4.71. The molecule has 0 aliphatic heterocycles. The predicted octanol–water partition coefficient (Wildman–Crippen LogP) is 2.27. The molecule has 0 saturated carbocycles. The first kappa shape index (κ1) is 13.0. The fraction of sp³-hybridized carbons (Fsp3) is 0.714. The topological polar surface area (TPSA) is 43.4 Å². The van der Waals surface area contributed by atoms with Crippen molar-refractivity contribution in [3.8, 4) is 0 Å². The van der Waals surface area contributed by atoms with Crippen molar-refractivity contribution in [2.75, 3.05) is 6.61 Å². The molecular weight excluding hydrogens is 238 g/mol. The predicted molar refractivity (Wildman–Crippen MR) is 51.2 cm³/mol. The maximum atomic E-state index is 10.8. The largest absolute Gasteiger partial charge is 0.463 e. The van der Waals surface area contributed by atoms with E-state index < -0.39 is 9.76 Å². The molecule has 76 valence electrons. The van der Waals surface area contributed by atoms with Crippen LogP contribution in [0.15, 0.2) is 0 Å². The summed E-state index contributed by atoms with van der Waals surface area (Å²) >= 11 is 15.6. The van der Waals surface area contributed by atoms with E-state index in [4.69, 9.17) is 34.8 Å². The Balaban J connectivity index is 3.55. The number of Topliss-reactive ketones (excluding diaryl/α,β-unsaturated/α-hetero) is 1. The summed E-state index contributed by atoms with van der Waals surface area (Å²) < 4.78 is 2.54. The highest BCUT2D eigenvalue weighted by atomic mass is 35.6. The van der Waals surface area contributed by atoms with Gasteiger partial charge in [0, 0.05) is 6.42 Å². The molecule has 0 heterocycles. The Hall–Kier alpha value is 0.01000. The average Bonchev–Trinajstić information content (AvgIpc) is 1.95. The summed E-state index contributed by atoms with van der Waals surface area (Å²) in [4.78, 5) is 21.3. The highest BCUT2D eigenvalue weighted by Gasteiger charge is 2.32. The summed E-state index contributed by atoms with van der Waals surface area (Å²) in [6.07, 6.45) is 0.801. The molecule has 0 aromatic carbocycles. The number of carbonyl (C=O) groups excluding carboxylic acids is 2. The lowest BCUT2D eigenvalue weighted by Gasteiger charge is -2.09. The van der Waals surface area contributed by atoms with Gasteiger partial charge in [0.05, 0.1) is 6.61 Å². The van der Waals surface area contributed by atoms with Crippen LogP contribution >= 0.6 is 34.8 Å².